The number of nitrogens with zero attached hydrogens (tertiary/aromatic N) is 1. The number of allylic oxidation sites excluding steroid dienone is 2. The van der Waals surface area contributed by atoms with Crippen molar-refractivity contribution in [3.63, 3.8) is 0 Å². The first-order valence-electron chi connectivity index (χ1n) is 7.14. The molecule has 2 aliphatic rings. The van der Waals surface area contributed by atoms with Gasteiger partial charge in [0.15, 0.2) is 5.78 Å². The Morgan fingerprint density at radius 2 is 2.14 bits per heavy atom. The number of para-hydroxylation sites is 1. The normalized spacial score (nSPS) is 25.8. The highest BCUT2D eigenvalue weighted by Crippen LogP contribution is 2.56. The van der Waals surface area contributed by atoms with Gasteiger partial charge in [0.2, 0.25) is 0 Å². The third kappa shape index (κ3) is 1.82. The van der Waals surface area contributed by atoms with Gasteiger partial charge in [-0.1, -0.05) is 29.8 Å². The van der Waals surface area contributed by atoms with Gasteiger partial charge in [0, 0.05) is 11.8 Å². The second kappa shape index (κ2) is 4.72. The van der Waals surface area contributed by atoms with Crippen LogP contribution >= 0.6 is 0 Å². The first kappa shape index (κ1) is 13.9. The summed E-state index contributed by atoms with van der Waals surface area (Å²) in [6.45, 7) is 4.09. The Bertz CT molecular complexity index is 645. The highest BCUT2D eigenvalue weighted by atomic mass is 16.5. The summed E-state index contributed by atoms with van der Waals surface area (Å²) < 4.78 is 4.88. The van der Waals surface area contributed by atoms with Crippen LogP contribution in [0.5, 0.6) is 0 Å². The molecule has 1 fully saturated rings. The van der Waals surface area contributed by atoms with Gasteiger partial charge in [-0.15, -0.1) is 0 Å². The standard InChI is InChI=1S/C17H19NO3/c1-11(2)8-9-17-10-14(19)15(17)18(16(20)21-3)13-7-5-4-6-12(13)17/h4-8,15H,9-10H2,1-3H3/t15-,17-/m0/s1. The van der Waals surface area contributed by atoms with Crippen molar-refractivity contribution >= 4 is 17.6 Å². The van der Waals surface area contributed by atoms with E-state index in [1.54, 1.807) is 0 Å². The number of methoxy groups -OCH3 is 1. The Morgan fingerprint density at radius 3 is 2.76 bits per heavy atom. The predicted molar refractivity (Wildman–Crippen MR) is 80.5 cm³/mol. The molecule has 0 spiro atoms. The van der Waals surface area contributed by atoms with Gasteiger partial charge < -0.3 is 4.74 Å². The Balaban J connectivity index is 2.11. The zero-order valence-electron chi connectivity index (χ0n) is 12.6. The number of rotatable bonds is 2. The van der Waals surface area contributed by atoms with Crippen LogP contribution in [-0.4, -0.2) is 25.0 Å². The predicted octanol–water partition coefficient (Wildman–Crippen LogP) is 3.21. The minimum Gasteiger partial charge on any atom is -0.452 e. The zero-order chi connectivity index (χ0) is 15.2. The number of Topliss-reactive ketones (excluding diaryl/α,β-unsaturated/α-hetero) is 1. The van der Waals surface area contributed by atoms with Crippen LogP contribution in [0.3, 0.4) is 0 Å². The van der Waals surface area contributed by atoms with Crippen molar-refractivity contribution in [2.75, 3.05) is 12.0 Å². The molecule has 4 heteroatoms. The molecule has 1 aromatic rings. The number of ether oxygens (including phenoxy) is 1. The third-order valence-corrected chi connectivity index (χ3v) is 4.52. The van der Waals surface area contributed by atoms with E-state index < -0.39 is 12.1 Å². The van der Waals surface area contributed by atoms with E-state index in [1.807, 2.05) is 38.1 Å². The molecule has 1 heterocycles. The molecule has 21 heavy (non-hydrogen) atoms. The lowest BCUT2D eigenvalue weighted by Crippen LogP contribution is -2.61. The van der Waals surface area contributed by atoms with Crippen molar-refractivity contribution in [1.82, 2.24) is 0 Å². The molecular formula is C17H19NO3. The molecule has 1 saturated carbocycles. The minimum atomic E-state index is -0.459. The Hall–Kier alpha value is -2.10. The molecule has 1 aromatic carbocycles. The molecule has 0 unspecified atom stereocenters. The smallest absolute Gasteiger partial charge is 0.414 e. The van der Waals surface area contributed by atoms with Crippen LogP contribution in [0, 0.1) is 0 Å². The van der Waals surface area contributed by atoms with Crippen molar-refractivity contribution < 1.29 is 14.3 Å². The van der Waals surface area contributed by atoms with Crippen LogP contribution in [0.1, 0.15) is 32.3 Å². The summed E-state index contributed by atoms with van der Waals surface area (Å²) >= 11 is 0. The fraction of sp³-hybridized carbons (Fsp3) is 0.412. The fourth-order valence-corrected chi connectivity index (χ4v) is 3.54. The van der Waals surface area contributed by atoms with E-state index in [0.717, 1.165) is 17.7 Å². The maximum atomic E-state index is 12.2. The highest BCUT2D eigenvalue weighted by Gasteiger charge is 2.63. The maximum Gasteiger partial charge on any atom is 0.414 e. The average Bonchev–Trinajstić information content (AvgIpc) is 2.70. The fourth-order valence-electron chi connectivity index (χ4n) is 3.54. The highest BCUT2D eigenvalue weighted by molar-refractivity contribution is 6.08. The van der Waals surface area contributed by atoms with Crippen molar-refractivity contribution in [3.8, 4) is 0 Å². The van der Waals surface area contributed by atoms with Crippen molar-refractivity contribution in [3.05, 3.63) is 41.5 Å². The van der Waals surface area contributed by atoms with E-state index in [2.05, 4.69) is 6.08 Å². The number of ketones is 1. The topological polar surface area (TPSA) is 46.6 Å². The van der Waals surface area contributed by atoms with E-state index in [1.165, 1.54) is 17.6 Å². The number of carbonyl (C=O) groups is 2. The van der Waals surface area contributed by atoms with E-state index in [4.69, 9.17) is 4.74 Å². The van der Waals surface area contributed by atoms with Gasteiger partial charge in [-0.2, -0.15) is 0 Å². The van der Waals surface area contributed by atoms with Gasteiger partial charge >= 0.3 is 6.09 Å². The molecule has 4 nitrogen and oxygen atoms in total. The second-order valence-corrected chi connectivity index (χ2v) is 6.04. The first-order chi connectivity index (χ1) is 10.0. The summed E-state index contributed by atoms with van der Waals surface area (Å²) in [4.78, 5) is 25.8. The summed E-state index contributed by atoms with van der Waals surface area (Å²) in [5, 5.41) is 0. The molecule has 1 amide bonds. The van der Waals surface area contributed by atoms with Gasteiger partial charge in [0.05, 0.1) is 12.8 Å². The molecule has 1 aliphatic carbocycles. The average molecular weight is 285 g/mol. The third-order valence-electron chi connectivity index (χ3n) is 4.52. The van der Waals surface area contributed by atoms with Crippen LogP contribution in [-0.2, 0) is 14.9 Å². The molecule has 0 radical (unpaired) electrons. The van der Waals surface area contributed by atoms with Crippen molar-refractivity contribution in [2.45, 2.75) is 38.1 Å². The van der Waals surface area contributed by atoms with Crippen LogP contribution in [0.2, 0.25) is 0 Å². The summed E-state index contributed by atoms with van der Waals surface area (Å²) in [7, 11) is 1.35. The molecule has 0 N–H and O–H groups in total. The number of hydrogen-bond acceptors (Lipinski definition) is 3. The molecule has 2 atom stereocenters. The monoisotopic (exact) mass is 285 g/mol. The van der Waals surface area contributed by atoms with Crippen LogP contribution in [0.15, 0.2) is 35.9 Å². The molecule has 3 rings (SSSR count). The maximum absolute atomic E-state index is 12.2. The summed E-state index contributed by atoms with van der Waals surface area (Å²) in [6, 6.07) is 7.35. The summed E-state index contributed by atoms with van der Waals surface area (Å²) in [5.41, 5.74) is 2.83. The minimum absolute atomic E-state index is 0.110. The lowest BCUT2D eigenvalue weighted by Gasteiger charge is -2.45. The van der Waals surface area contributed by atoms with Gasteiger partial charge in [0.25, 0.3) is 0 Å². The number of hydrogen-bond donors (Lipinski definition) is 0. The quantitative estimate of drug-likeness (QED) is 0.784. The van der Waals surface area contributed by atoms with E-state index in [9.17, 15) is 9.59 Å². The van der Waals surface area contributed by atoms with E-state index in [0.29, 0.717) is 6.42 Å². The Kier molecular flexibility index (Phi) is 3.12. The van der Waals surface area contributed by atoms with Crippen molar-refractivity contribution in [2.24, 2.45) is 0 Å². The zero-order valence-corrected chi connectivity index (χ0v) is 12.6. The molecule has 0 aromatic heterocycles. The van der Waals surface area contributed by atoms with Gasteiger partial charge in [-0.25, -0.2) is 4.79 Å². The molecular weight excluding hydrogens is 266 g/mol. The number of amides is 1. The lowest BCUT2D eigenvalue weighted by atomic mass is 9.59. The molecule has 110 valence electrons. The summed E-state index contributed by atoms with van der Waals surface area (Å²) in [6.07, 6.45) is 2.96. The second-order valence-electron chi connectivity index (χ2n) is 6.04. The number of fused-ring (bicyclic) bond motifs is 3. The Labute approximate surface area is 124 Å². The first-order valence-corrected chi connectivity index (χ1v) is 7.14. The largest absolute Gasteiger partial charge is 0.452 e. The molecule has 0 bridgehead atoms. The van der Waals surface area contributed by atoms with E-state index in [-0.39, 0.29) is 11.2 Å². The number of anilines is 1. The molecule has 1 aliphatic heterocycles. The van der Waals surface area contributed by atoms with Crippen molar-refractivity contribution in [1.29, 1.82) is 0 Å². The van der Waals surface area contributed by atoms with Gasteiger partial charge in [-0.3, -0.25) is 9.69 Å². The van der Waals surface area contributed by atoms with Crippen LogP contribution < -0.4 is 4.90 Å². The number of carbonyl (C=O) groups excluding carboxylic acids is 2. The lowest BCUT2D eigenvalue weighted by molar-refractivity contribution is -0.130. The van der Waals surface area contributed by atoms with E-state index >= 15 is 0 Å². The van der Waals surface area contributed by atoms with Gasteiger partial charge in [-0.05, 0) is 31.9 Å². The Morgan fingerprint density at radius 1 is 1.43 bits per heavy atom. The summed E-state index contributed by atoms with van der Waals surface area (Å²) in [5.74, 6) is 0.110. The van der Waals surface area contributed by atoms with Gasteiger partial charge in [0.1, 0.15) is 6.04 Å². The van der Waals surface area contributed by atoms with Crippen LogP contribution in [0.25, 0.3) is 0 Å². The SMILES string of the molecule is COC(=O)N1c2ccccc2[C@]2(CC=C(C)C)CC(=O)[C@H]12. The number of benzene rings is 1. The van der Waals surface area contributed by atoms with Crippen LogP contribution in [0.4, 0.5) is 10.5 Å². The molecule has 0 saturated heterocycles.